The summed E-state index contributed by atoms with van der Waals surface area (Å²) in [5.74, 6) is -0.474. The van der Waals surface area contributed by atoms with Crippen LogP contribution in [0.1, 0.15) is 153 Å². The second-order valence-electron chi connectivity index (χ2n) is 26.9. The van der Waals surface area contributed by atoms with Gasteiger partial charge in [-0.1, -0.05) is 71.0 Å². The fraction of sp³-hybridized carbons (Fsp3) is 0.459. The van der Waals surface area contributed by atoms with Crippen molar-refractivity contribution >= 4 is 35.0 Å². The number of pyridine rings is 2. The number of aromatic amines is 2. The van der Waals surface area contributed by atoms with E-state index >= 15 is 0 Å². The van der Waals surface area contributed by atoms with Gasteiger partial charge >= 0.3 is 0 Å². The number of hydrogen-bond donors (Lipinski definition) is 6. The first kappa shape index (κ1) is 70.5. The lowest BCUT2D eigenvalue weighted by Crippen LogP contribution is -2.54. The number of rotatable bonds is 30. The average Bonchev–Trinajstić information content (AvgIpc) is 1.61. The van der Waals surface area contributed by atoms with Gasteiger partial charge in [-0.15, -0.1) is 5.10 Å². The molecule has 0 saturated carbocycles. The van der Waals surface area contributed by atoms with E-state index in [1.165, 1.54) is 24.3 Å². The normalized spacial score (nSPS) is 15.0. The van der Waals surface area contributed by atoms with Crippen LogP contribution in [0.3, 0.4) is 0 Å². The number of likely N-dealkylation sites (N-methyl/N-ethyl adjacent to an activating group) is 2. The van der Waals surface area contributed by atoms with Crippen molar-refractivity contribution in [2.24, 2.45) is 0 Å². The van der Waals surface area contributed by atoms with Gasteiger partial charge in [0.25, 0.3) is 11.1 Å². The summed E-state index contributed by atoms with van der Waals surface area (Å²) >= 11 is 0. The van der Waals surface area contributed by atoms with E-state index in [0.29, 0.717) is 91.1 Å². The number of hydrogen-bond acceptors (Lipinski definition) is 12. The van der Waals surface area contributed by atoms with Crippen molar-refractivity contribution < 1.29 is 37.4 Å². The number of aryl methyl sites for hydroxylation is 6. The predicted molar refractivity (Wildman–Crippen MR) is 366 cm³/mol. The molecule has 506 valence electrons. The molecule has 6 N–H and O–H groups in total. The quantitative estimate of drug-likeness (QED) is 0.0231. The number of nitrogens with zero attached hydrogens (tertiary/aromatic N) is 5. The largest absolute Gasteiger partial charge is 0.494 e. The van der Waals surface area contributed by atoms with Crippen LogP contribution in [-0.4, -0.2) is 113 Å². The van der Waals surface area contributed by atoms with E-state index < -0.39 is 35.0 Å². The second kappa shape index (κ2) is 30.7. The molecule has 2 aliphatic heterocycles. The third kappa shape index (κ3) is 17.0. The van der Waals surface area contributed by atoms with Crippen molar-refractivity contribution in [3.05, 3.63) is 196 Å². The van der Waals surface area contributed by atoms with Crippen LogP contribution < -0.4 is 51.7 Å². The van der Waals surface area contributed by atoms with Gasteiger partial charge < -0.3 is 50.5 Å². The second-order valence-corrected chi connectivity index (χ2v) is 26.9. The number of carbonyl (C=O) groups is 4. The van der Waals surface area contributed by atoms with Crippen LogP contribution in [-0.2, 0) is 68.7 Å². The summed E-state index contributed by atoms with van der Waals surface area (Å²) in [5.41, 5.74) is 9.57. The molecule has 0 radical (unpaired) electrons. The number of unbranched alkanes of at least 4 members (excludes halogenated alkanes) is 2. The van der Waals surface area contributed by atoms with Crippen molar-refractivity contribution in [1.29, 1.82) is 0 Å². The van der Waals surface area contributed by atoms with Crippen LogP contribution in [0.4, 0.5) is 20.2 Å². The monoisotopic (exact) mass is 1300 g/mol. The Kier molecular flexibility index (Phi) is 22.8. The van der Waals surface area contributed by atoms with E-state index in [9.17, 15) is 37.5 Å². The molecule has 0 bridgehead atoms. The molecule has 0 unspecified atom stereocenters. The Labute approximate surface area is 555 Å². The molecule has 5 heterocycles. The predicted octanol–water partition coefficient (Wildman–Crippen LogP) is 9.31. The molecule has 19 nitrogen and oxygen atoms in total. The summed E-state index contributed by atoms with van der Waals surface area (Å²) in [7, 11) is 3.44. The van der Waals surface area contributed by atoms with Crippen molar-refractivity contribution in [2.75, 3.05) is 50.2 Å². The zero-order valence-corrected chi connectivity index (χ0v) is 57.0. The Balaban J connectivity index is 0.756. The molecule has 2 aliphatic rings. The highest BCUT2D eigenvalue weighted by molar-refractivity contribution is 6.03. The fourth-order valence-electron chi connectivity index (χ4n) is 13.2. The summed E-state index contributed by atoms with van der Waals surface area (Å²) in [6.45, 7) is 21.9. The molecule has 4 amide bonds. The van der Waals surface area contributed by atoms with Gasteiger partial charge in [-0.3, -0.25) is 33.4 Å². The van der Waals surface area contributed by atoms with Gasteiger partial charge in [0.15, 0.2) is 0 Å². The highest BCUT2D eigenvalue weighted by Crippen LogP contribution is 2.41. The van der Waals surface area contributed by atoms with Gasteiger partial charge in [0.05, 0.1) is 42.4 Å². The van der Waals surface area contributed by atoms with E-state index in [0.717, 1.165) is 82.3 Å². The summed E-state index contributed by atoms with van der Waals surface area (Å²) in [5, 5.41) is 21.1. The number of halogens is 2. The zero-order chi connectivity index (χ0) is 68.5. The summed E-state index contributed by atoms with van der Waals surface area (Å²) in [4.78, 5) is 93.6. The van der Waals surface area contributed by atoms with Gasteiger partial charge in [0.2, 0.25) is 23.6 Å². The van der Waals surface area contributed by atoms with Crippen LogP contribution in [0.2, 0.25) is 0 Å². The Morgan fingerprint density at radius 3 is 1.37 bits per heavy atom. The Morgan fingerprint density at radius 2 is 0.979 bits per heavy atom. The molecular formula is C74H93F2N11O8. The number of carbonyl (C=O) groups excluding carboxylic acids is 4. The van der Waals surface area contributed by atoms with E-state index in [-0.39, 0.29) is 72.1 Å². The first-order valence-electron chi connectivity index (χ1n) is 33.2. The molecule has 0 spiro atoms. The molecule has 0 saturated heterocycles. The minimum absolute atomic E-state index is 0.229. The van der Waals surface area contributed by atoms with E-state index in [1.54, 1.807) is 60.3 Å². The lowest BCUT2D eigenvalue weighted by Gasteiger charge is -2.28. The van der Waals surface area contributed by atoms with Gasteiger partial charge in [-0.2, -0.15) is 0 Å². The summed E-state index contributed by atoms with van der Waals surface area (Å²) in [6.07, 6.45) is 7.92. The molecule has 7 aromatic rings. The molecular weight excluding hydrogens is 1210 g/mol. The minimum atomic E-state index is -0.931. The number of H-pyrrole nitrogens is 2. The molecule has 0 fully saturated rings. The first-order valence-corrected chi connectivity index (χ1v) is 33.2. The molecule has 4 atom stereocenters. The maximum atomic E-state index is 14.9. The van der Waals surface area contributed by atoms with Crippen LogP contribution in [0.25, 0.3) is 0 Å². The summed E-state index contributed by atoms with van der Waals surface area (Å²) in [6, 6.07) is 20.5. The van der Waals surface area contributed by atoms with Gasteiger partial charge in [-0.25, -0.2) is 8.78 Å². The van der Waals surface area contributed by atoms with Gasteiger partial charge in [-0.05, 0) is 192 Å². The van der Waals surface area contributed by atoms with Crippen molar-refractivity contribution in [1.82, 2.24) is 46.2 Å². The highest BCUT2D eigenvalue weighted by atomic mass is 19.1. The molecule has 0 aliphatic carbocycles. The van der Waals surface area contributed by atoms with E-state index in [4.69, 9.17) is 9.47 Å². The number of nitrogens with one attached hydrogen (secondary N) is 6. The van der Waals surface area contributed by atoms with Crippen LogP contribution in [0.5, 0.6) is 11.5 Å². The van der Waals surface area contributed by atoms with Crippen molar-refractivity contribution in [3.63, 3.8) is 0 Å². The topological polar surface area (TPSA) is 238 Å². The Bertz CT molecular complexity index is 3720. The molecule has 9 rings (SSSR count). The molecule has 4 aromatic carbocycles. The average molecular weight is 1300 g/mol. The van der Waals surface area contributed by atoms with Gasteiger partial charge in [0.1, 0.15) is 35.2 Å². The number of benzene rings is 4. The van der Waals surface area contributed by atoms with Crippen molar-refractivity contribution in [2.45, 2.75) is 181 Å². The molecule has 3 aromatic heterocycles. The number of fused-ring (bicyclic) bond motifs is 2. The van der Waals surface area contributed by atoms with E-state index in [1.807, 2.05) is 104 Å². The summed E-state index contributed by atoms with van der Waals surface area (Å²) < 4.78 is 41.9. The number of amides is 4. The SMILES string of the molecule is CC[C@H](NC)C(=O)N[C@@H](Cc1c(C)cc(OCCCCc2cn(CCCCOc3cc(C)c(C[C@H](NC(=O)[C@H](CC)NC)C(=O)N4CC(C)(C)c5[nH]c(=O)c(Cc6ccc(F)cc6)cc54)c(C)c3)nn2)cc1C)C(=O)N1CC(C)(C)c2[nH]c(=O)c(Cc3ccc(F)cc3)cc21. The Morgan fingerprint density at radius 1 is 0.579 bits per heavy atom. The fourth-order valence-corrected chi connectivity index (χ4v) is 13.2. The smallest absolute Gasteiger partial charge is 0.251 e. The van der Waals surface area contributed by atoms with E-state index in [2.05, 4.69) is 41.5 Å². The number of ether oxygens (including phenoxy) is 2. The maximum Gasteiger partial charge on any atom is 0.251 e. The van der Waals surface area contributed by atoms with Crippen LogP contribution >= 0.6 is 0 Å². The van der Waals surface area contributed by atoms with Gasteiger partial charge in [0, 0.05) is 84.9 Å². The van der Waals surface area contributed by atoms with Crippen molar-refractivity contribution in [3.8, 4) is 11.5 Å². The third-order valence-corrected chi connectivity index (χ3v) is 18.6. The third-order valence-electron chi connectivity index (χ3n) is 18.6. The molecule has 21 heteroatoms. The number of aromatic nitrogens is 5. The zero-order valence-electron chi connectivity index (χ0n) is 57.0. The van der Waals surface area contributed by atoms with Crippen LogP contribution in [0.15, 0.2) is 101 Å². The maximum absolute atomic E-state index is 14.9. The standard InChI is InChI=1S/C74H93F2N11O8/c1-13-59(77-11)69(90)79-61(71(92)86-42-73(7,8)65-63(86)37-50(67(88)81-65)35-48-20-24-52(75)25-21-48)39-57-44(3)31-55(32-45(57)4)94-29-17-15-19-54-41-85(84-83-54)28-16-18-30-95-56-33-46(5)58(47(6)34-56)40-62(80-70(91)60(14-2)78-12)72(93)87-43-74(9,10)66-64(87)38-51(68(89)82-66)36-49-22-26-53(76)27-23-49/h20-27,31-34,37-38,41,59-62,77-78H,13-19,28-30,35-36,39-40,42-43H2,1-12H3,(H,79,90)(H,80,91)(H,81,88)(H,82,89)/t59-,60-,61-,62-/m0/s1. The lowest BCUT2D eigenvalue weighted by molar-refractivity contribution is -0.128. The molecule has 95 heavy (non-hydrogen) atoms. The lowest BCUT2D eigenvalue weighted by atomic mass is 9.91. The minimum Gasteiger partial charge on any atom is -0.494 e. The highest BCUT2D eigenvalue weighted by Gasteiger charge is 2.44. The Hall–Kier alpha value is -8.82. The van der Waals surface area contributed by atoms with Crippen LogP contribution in [0, 0.1) is 39.3 Å². The number of anilines is 2. The first-order chi connectivity index (χ1) is 45.3.